The average molecular weight is 1080 g/mol. The normalized spacial score (nSPS) is 22.3. The predicted octanol–water partition coefficient (Wildman–Crippen LogP) is 5.67. The Kier molecular flexibility index (Phi) is 14.0. The van der Waals surface area contributed by atoms with Crippen molar-refractivity contribution in [2.45, 2.75) is 102 Å². The van der Waals surface area contributed by atoms with Gasteiger partial charge in [-0.05, 0) is 124 Å². The molecule has 0 spiro atoms. The Labute approximate surface area is 442 Å². The van der Waals surface area contributed by atoms with E-state index in [0.29, 0.717) is 63.9 Å². The number of methoxy groups -OCH3 is 1. The Morgan fingerprint density at radius 3 is 2.33 bits per heavy atom. The second-order valence-corrected chi connectivity index (χ2v) is 22.6. The molecule has 5 aromatic rings. The van der Waals surface area contributed by atoms with Crippen molar-refractivity contribution in [2.75, 3.05) is 66.6 Å². The number of imide groups is 2. The first-order valence-electron chi connectivity index (χ1n) is 25.8. The van der Waals surface area contributed by atoms with E-state index in [2.05, 4.69) is 54.4 Å². The number of piperidine rings is 2. The number of ether oxygens (including phenoxy) is 1. The quantitative estimate of drug-likeness (QED) is 0.0818. The molecule has 4 atom stereocenters. The number of rotatable bonds is 13. The molecule has 4 N–H and O–H groups in total. The number of aromatic nitrogens is 3. The first-order chi connectivity index (χ1) is 36.6. The van der Waals surface area contributed by atoms with Crippen LogP contribution in [0.2, 0.25) is 0 Å². The number of nitrogens with zero attached hydrogens (tertiary/aromatic N) is 9. The van der Waals surface area contributed by atoms with Gasteiger partial charge >= 0.3 is 7.82 Å². The molecule has 398 valence electrons. The molecule has 76 heavy (non-hydrogen) atoms. The summed E-state index contributed by atoms with van der Waals surface area (Å²) in [4.78, 5) is 112. The summed E-state index contributed by atoms with van der Waals surface area (Å²) in [5.74, 6) is -1.65. The maximum atomic E-state index is 14.0. The van der Waals surface area contributed by atoms with Gasteiger partial charge < -0.3 is 34.7 Å². The molecule has 0 radical (unpaired) electrons. The third-order valence-corrected chi connectivity index (χ3v) is 17.6. The Balaban J connectivity index is 0.711. The predicted molar refractivity (Wildman–Crippen MR) is 282 cm³/mol. The zero-order chi connectivity index (χ0) is 53.2. The van der Waals surface area contributed by atoms with Crippen LogP contribution < -0.4 is 24.8 Å². The molecule has 5 amide bonds. The molecule has 6 aliphatic rings. The number of hydrogen-bond donors (Lipinski definition) is 4. The van der Waals surface area contributed by atoms with E-state index in [9.17, 15) is 33.6 Å². The molecule has 0 saturated carbocycles. The lowest BCUT2D eigenvalue weighted by atomic mass is 9.92. The van der Waals surface area contributed by atoms with Crippen molar-refractivity contribution in [3.05, 3.63) is 98.6 Å². The second kappa shape index (κ2) is 20.7. The number of piperazine rings is 1. The van der Waals surface area contributed by atoms with Crippen LogP contribution in [0.25, 0.3) is 11.1 Å². The van der Waals surface area contributed by atoms with Gasteiger partial charge in [0, 0.05) is 91.4 Å². The summed E-state index contributed by atoms with van der Waals surface area (Å²) in [7, 11) is -3.45. The molecule has 23 heteroatoms. The number of phosphoric acid groups is 1. The molecule has 1 aliphatic carbocycles. The third-order valence-electron chi connectivity index (χ3n) is 15.9. The molecule has 1 aromatic carbocycles. The van der Waals surface area contributed by atoms with Crippen molar-refractivity contribution in [1.82, 2.24) is 29.7 Å². The van der Waals surface area contributed by atoms with Gasteiger partial charge in [0.05, 0.1) is 41.6 Å². The Bertz CT molecular complexity index is 3210. The van der Waals surface area contributed by atoms with Crippen molar-refractivity contribution in [2.24, 2.45) is 0 Å². The van der Waals surface area contributed by atoms with Gasteiger partial charge in [-0.1, -0.05) is 0 Å². The molecule has 5 aliphatic heterocycles. The molecule has 11 rings (SSSR count). The number of nitrogens with one attached hydrogen (secondary N) is 1. The van der Waals surface area contributed by atoms with E-state index in [1.807, 2.05) is 30.5 Å². The number of fused-ring (bicyclic) bond motifs is 4. The summed E-state index contributed by atoms with van der Waals surface area (Å²) in [6.07, 6.45) is 11.8. The number of carbonyl (C=O) groups is 5. The Morgan fingerprint density at radius 2 is 1.58 bits per heavy atom. The first-order valence-corrected chi connectivity index (χ1v) is 28.1. The van der Waals surface area contributed by atoms with Crippen molar-refractivity contribution in [1.29, 1.82) is 0 Å². The number of phosphoric ester groups is 1. The molecule has 21 nitrogen and oxygen atoms in total. The number of thiophene rings is 1. The molecule has 3 fully saturated rings. The van der Waals surface area contributed by atoms with Gasteiger partial charge in [-0.25, -0.2) is 19.5 Å². The number of benzene rings is 1. The second-order valence-electron chi connectivity index (χ2n) is 20.3. The van der Waals surface area contributed by atoms with Gasteiger partial charge in [0.25, 0.3) is 23.6 Å². The highest BCUT2D eigenvalue weighted by Crippen LogP contribution is 2.42. The lowest BCUT2D eigenvalue weighted by Crippen LogP contribution is -2.58. The van der Waals surface area contributed by atoms with Gasteiger partial charge in [-0.2, -0.15) is 0 Å². The minimum Gasteiger partial charge on any atom is -0.480 e. The summed E-state index contributed by atoms with van der Waals surface area (Å²) < 4.78 is 21.4. The van der Waals surface area contributed by atoms with Crippen molar-refractivity contribution >= 4 is 77.4 Å². The van der Waals surface area contributed by atoms with E-state index in [1.54, 1.807) is 47.9 Å². The highest BCUT2D eigenvalue weighted by Gasteiger charge is 2.48. The SMILES string of the molecule is COc1ncc(-c2ccnc(N3CCc4c(sc5c4CCCC5)C3=O)c2CO)cc1Nc1ccc(N2CCN(C3CCN(c4ccc5c(c4)C(=O)N([C@H]4CCC(=O)N(COP(=O)(O)O)C4=O)C5=O)[C@H](C)C3)C[C@@H]2C)cn1. The number of anilines is 5. The summed E-state index contributed by atoms with van der Waals surface area (Å²) >= 11 is 1.62. The van der Waals surface area contributed by atoms with Crippen LogP contribution in [-0.2, 0) is 44.5 Å². The number of aliphatic hydroxyl groups is 1. The minimum absolute atomic E-state index is 0.0625. The lowest BCUT2D eigenvalue weighted by molar-refractivity contribution is -0.155. The zero-order valence-electron chi connectivity index (χ0n) is 42.4. The lowest BCUT2D eigenvalue weighted by Gasteiger charge is -2.48. The molecule has 9 heterocycles. The summed E-state index contributed by atoms with van der Waals surface area (Å²) in [6, 6.07) is 12.1. The number of pyridine rings is 3. The van der Waals surface area contributed by atoms with E-state index < -0.39 is 44.2 Å². The summed E-state index contributed by atoms with van der Waals surface area (Å²) in [5.41, 5.74) is 7.18. The number of hydrogen-bond acceptors (Lipinski definition) is 17. The van der Waals surface area contributed by atoms with Crippen LogP contribution in [0.5, 0.6) is 5.88 Å². The number of likely N-dealkylation sites (tertiary alicyclic amines) is 1. The van der Waals surface area contributed by atoms with Gasteiger partial charge in [0.1, 0.15) is 30.1 Å². The van der Waals surface area contributed by atoms with Crippen LogP contribution >= 0.6 is 19.2 Å². The van der Waals surface area contributed by atoms with E-state index in [1.165, 1.54) is 16.0 Å². The topological polar surface area (TPSA) is 252 Å². The molecule has 0 bridgehead atoms. The molecular weight excluding hydrogens is 1020 g/mol. The highest BCUT2D eigenvalue weighted by atomic mass is 32.1. The molecular formula is C53H59N10O11PS. The molecule has 1 unspecified atom stereocenters. The van der Waals surface area contributed by atoms with Crippen molar-refractivity contribution < 1.29 is 52.7 Å². The smallest absolute Gasteiger partial charge is 0.471 e. The molecule has 3 saturated heterocycles. The number of carbonyl (C=O) groups excluding carboxylic acids is 5. The zero-order valence-corrected chi connectivity index (χ0v) is 44.1. The van der Waals surface area contributed by atoms with Crippen LogP contribution in [0, 0.1) is 0 Å². The van der Waals surface area contributed by atoms with Gasteiger partial charge in [-0.3, -0.25) is 48.1 Å². The van der Waals surface area contributed by atoms with Crippen LogP contribution in [0.1, 0.15) is 104 Å². The van der Waals surface area contributed by atoms with Gasteiger partial charge in [0.15, 0.2) is 0 Å². The van der Waals surface area contributed by atoms with Gasteiger partial charge in [0.2, 0.25) is 11.8 Å². The van der Waals surface area contributed by atoms with Crippen LogP contribution in [-0.4, -0.2) is 145 Å². The maximum absolute atomic E-state index is 14.0. The summed E-state index contributed by atoms with van der Waals surface area (Å²) in [6.45, 7) is 6.76. The fourth-order valence-electron chi connectivity index (χ4n) is 12.1. The summed E-state index contributed by atoms with van der Waals surface area (Å²) in [5, 5.41) is 14.2. The maximum Gasteiger partial charge on any atom is 0.471 e. The van der Waals surface area contributed by atoms with E-state index in [4.69, 9.17) is 19.5 Å². The van der Waals surface area contributed by atoms with Gasteiger partial charge in [-0.15, -0.1) is 11.3 Å². The van der Waals surface area contributed by atoms with Crippen LogP contribution in [0.3, 0.4) is 0 Å². The largest absolute Gasteiger partial charge is 0.480 e. The van der Waals surface area contributed by atoms with Crippen molar-refractivity contribution in [3.8, 4) is 17.0 Å². The highest BCUT2D eigenvalue weighted by molar-refractivity contribution is 7.46. The van der Waals surface area contributed by atoms with E-state index in [-0.39, 0.29) is 48.6 Å². The van der Waals surface area contributed by atoms with E-state index in [0.717, 1.165) is 85.7 Å². The number of amides is 5. The van der Waals surface area contributed by atoms with Crippen LogP contribution in [0.15, 0.2) is 61.1 Å². The van der Waals surface area contributed by atoms with E-state index >= 15 is 0 Å². The third kappa shape index (κ3) is 9.53. The molecule has 4 aromatic heterocycles. The number of aliphatic hydroxyl groups excluding tert-OH is 1. The standard InChI is InChI=1S/C53H59N10O11PS/c1-30-22-33(15-18-59(30)34-8-10-39-40(24-34)51(67)63(50(39)66)43-11-13-46(65)62(52(43)68)29-74-75(70,71)72)58-20-21-60(31(2)27-58)35-9-12-45(55-26-35)57-42-23-32(25-56-49(42)73-3)36-14-17-54-48(41(36)28-64)61-19-16-38-37-6-4-5-7-44(37)76-47(38)53(61)69/h8-10,12,14,17,23-26,30-31,33,43,64H,4-7,11,13,15-16,18-22,27-29H2,1-3H3,(H,55,57)(H2,70,71,72)/t30-,31+,33?,43+/m1/s1. The van der Waals surface area contributed by atoms with Crippen LogP contribution in [0.4, 0.5) is 28.7 Å². The monoisotopic (exact) mass is 1070 g/mol. The van der Waals surface area contributed by atoms with Crippen molar-refractivity contribution in [3.63, 3.8) is 0 Å². The Morgan fingerprint density at radius 1 is 0.789 bits per heavy atom. The average Bonchev–Trinajstić information content (AvgIpc) is 3.99. The number of aryl methyl sites for hydroxylation is 1. The first kappa shape index (κ1) is 51.5. The fraction of sp³-hybridized carbons (Fsp3) is 0.434. The Hall–Kier alpha value is -6.65. The minimum atomic E-state index is -5.01. The fourth-order valence-corrected chi connectivity index (χ4v) is 13.7.